The van der Waals surface area contributed by atoms with E-state index >= 15 is 0 Å². The Morgan fingerprint density at radius 3 is 2.30 bits per heavy atom. The van der Waals surface area contributed by atoms with Gasteiger partial charge in [0.15, 0.2) is 0 Å². The maximum atomic E-state index is 12.2. The maximum Gasteiger partial charge on any atom is 0.257 e. The number of amides is 2. The minimum atomic E-state index is -0.354. The number of carbonyl (C=O) groups excluding carboxylic acids is 2. The van der Waals surface area contributed by atoms with Gasteiger partial charge in [-0.3, -0.25) is 9.59 Å². The third kappa shape index (κ3) is 4.03. The third-order valence-corrected chi connectivity index (χ3v) is 4.06. The van der Waals surface area contributed by atoms with E-state index in [9.17, 15) is 9.59 Å². The van der Waals surface area contributed by atoms with Crippen LogP contribution in [0.15, 0.2) is 42.5 Å². The zero-order chi connectivity index (χ0) is 16.4. The number of anilines is 1. The van der Waals surface area contributed by atoms with Crippen molar-refractivity contribution in [3.63, 3.8) is 0 Å². The van der Waals surface area contributed by atoms with Gasteiger partial charge in [0.1, 0.15) is 0 Å². The fraction of sp³-hybridized carbons (Fsp3) is 0.176. The quantitative estimate of drug-likeness (QED) is 0.872. The molecule has 4 nitrogen and oxygen atoms in total. The van der Waals surface area contributed by atoms with Crippen LogP contribution in [0.1, 0.15) is 33.6 Å². The molecular weight excluding hydrogens is 335 g/mol. The molecule has 3 rings (SSSR count). The molecule has 2 N–H and O–H groups in total. The van der Waals surface area contributed by atoms with Crippen LogP contribution in [0.25, 0.3) is 0 Å². The van der Waals surface area contributed by atoms with Crippen molar-refractivity contribution in [2.24, 2.45) is 0 Å². The lowest BCUT2D eigenvalue weighted by Crippen LogP contribution is -2.25. The molecule has 0 bridgehead atoms. The van der Waals surface area contributed by atoms with Crippen LogP contribution in [0.5, 0.6) is 0 Å². The average Bonchev–Trinajstić information content (AvgIpc) is 3.34. The number of nitrogens with one attached hydrogen (secondary N) is 2. The summed E-state index contributed by atoms with van der Waals surface area (Å²) in [6, 6.07) is 11.7. The fourth-order valence-corrected chi connectivity index (χ4v) is 2.45. The number of hydrogen-bond acceptors (Lipinski definition) is 2. The Morgan fingerprint density at radius 1 is 0.957 bits per heavy atom. The largest absolute Gasteiger partial charge is 0.349 e. The van der Waals surface area contributed by atoms with E-state index in [0.29, 0.717) is 32.9 Å². The standard InChI is InChI=1S/C17H14Cl2N2O2/c18-11-3-8-15(19)14(9-11)17(23)21-12-4-1-10(2-5-12)16(22)20-13-6-7-13/h1-5,8-9,13H,6-7H2,(H,20,22)(H,21,23). The molecule has 0 atom stereocenters. The highest BCUT2D eigenvalue weighted by molar-refractivity contribution is 6.36. The predicted octanol–water partition coefficient (Wildman–Crippen LogP) is 4.14. The SMILES string of the molecule is O=C(NC1CC1)c1ccc(NC(=O)c2cc(Cl)ccc2Cl)cc1. The monoisotopic (exact) mass is 348 g/mol. The van der Waals surface area contributed by atoms with Crippen LogP contribution in [0, 0.1) is 0 Å². The first kappa shape index (κ1) is 15.8. The van der Waals surface area contributed by atoms with E-state index in [-0.39, 0.29) is 11.8 Å². The summed E-state index contributed by atoms with van der Waals surface area (Å²) >= 11 is 11.9. The molecule has 0 saturated heterocycles. The molecule has 0 radical (unpaired) electrons. The number of carbonyl (C=O) groups is 2. The summed E-state index contributed by atoms with van der Waals surface area (Å²) in [6.07, 6.45) is 2.08. The van der Waals surface area contributed by atoms with Gasteiger partial charge in [0.25, 0.3) is 11.8 Å². The fourth-order valence-electron chi connectivity index (χ4n) is 2.07. The molecule has 0 aliphatic heterocycles. The smallest absolute Gasteiger partial charge is 0.257 e. The molecule has 1 aliphatic carbocycles. The van der Waals surface area contributed by atoms with E-state index < -0.39 is 0 Å². The predicted molar refractivity (Wildman–Crippen MR) is 91.3 cm³/mol. The van der Waals surface area contributed by atoms with Crippen molar-refractivity contribution in [1.29, 1.82) is 0 Å². The van der Waals surface area contributed by atoms with Crippen LogP contribution < -0.4 is 10.6 Å². The van der Waals surface area contributed by atoms with E-state index in [0.717, 1.165) is 12.8 Å². The maximum absolute atomic E-state index is 12.2. The van der Waals surface area contributed by atoms with Gasteiger partial charge in [-0.2, -0.15) is 0 Å². The number of hydrogen-bond donors (Lipinski definition) is 2. The Balaban J connectivity index is 1.68. The lowest BCUT2D eigenvalue weighted by Gasteiger charge is -2.08. The second-order valence-electron chi connectivity index (χ2n) is 5.40. The second-order valence-corrected chi connectivity index (χ2v) is 6.25. The normalized spacial score (nSPS) is 13.5. The van der Waals surface area contributed by atoms with Gasteiger partial charge in [0.05, 0.1) is 10.6 Å². The zero-order valence-corrected chi connectivity index (χ0v) is 13.6. The van der Waals surface area contributed by atoms with Crippen molar-refractivity contribution in [2.75, 3.05) is 5.32 Å². The molecule has 1 fully saturated rings. The zero-order valence-electron chi connectivity index (χ0n) is 12.1. The van der Waals surface area contributed by atoms with E-state index in [1.165, 1.54) is 6.07 Å². The van der Waals surface area contributed by atoms with Crippen LogP contribution in [0.2, 0.25) is 10.0 Å². The first-order chi connectivity index (χ1) is 11.0. The molecule has 6 heteroatoms. The molecule has 0 spiro atoms. The van der Waals surface area contributed by atoms with Gasteiger partial charge in [-0.25, -0.2) is 0 Å². The number of benzene rings is 2. The summed E-state index contributed by atoms with van der Waals surface area (Å²) in [6.45, 7) is 0. The Morgan fingerprint density at radius 2 is 1.65 bits per heavy atom. The summed E-state index contributed by atoms with van der Waals surface area (Å²) in [5, 5.41) is 6.41. The van der Waals surface area contributed by atoms with Gasteiger partial charge in [-0.05, 0) is 55.3 Å². The van der Waals surface area contributed by atoms with Crippen LogP contribution in [0.3, 0.4) is 0 Å². The van der Waals surface area contributed by atoms with Crippen LogP contribution in [-0.2, 0) is 0 Å². The number of halogens is 2. The highest BCUT2D eigenvalue weighted by Crippen LogP contribution is 2.22. The van der Waals surface area contributed by atoms with E-state index in [1.54, 1.807) is 36.4 Å². The summed E-state index contributed by atoms with van der Waals surface area (Å²) in [4.78, 5) is 24.1. The van der Waals surface area contributed by atoms with E-state index in [2.05, 4.69) is 10.6 Å². The minimum Gasteiger partial charge on any atom is -0.349 e. The van der Waals surface area contributed by atoms with Gasteiger partial charge < -0.3 is 10.6 Å². The summed E-state index contributed by atoms with van der Waals surface area (Å²) in [5.41, 5.74) is 1.44. The molecule has 0 unspecified atom stereocenters. The van der Waals surface area contributed by atoms with Gasteiger partial charge >= 0.3 is 0 Å². The van der Waals surface area contributed by atoms with Gasteiger partial charge in [0.2, 0.25) is 0 Å². The summed E-state index contributed by atoms with van der Waals surface area (Å²) < 4.78 is 0. The van der Waals surface area contributed by atoms with Crippen LogP contribution in [0.4, 0.5) is 5.69 Å². The molecule has 2 aromatic carbocycles. The van der Waals surface area contributed by atoms with Gasteiger partial charge in [-0.15, -0.1) is 0 Å². The lowest BCUT2D eigenvalue weighted by atomic mass is 10.1. The lowest BCUT2D eigenvalue weighted by molar-refractivity contribution is 0.0950. The molecule has 118 valence electrons. The molecule has 1 saturated carbocycles. The first-order valence-electron chi connectivity index (χ1n) is 7.20. The Bertz CT molecular complexity index is 756. The van der Waals surface area contributed by atoms with Crippen LogP contribution in [-0.4, -0.2) is 17.9 Å². The van der Waals surface area contributed by atoms with Gasteiger partial charge in [0, 0.05) is 22.3 Å². The van der Waals surface area contributed by atoms with Crippen molar-refractivity contribution in [1.82, 2.24) is 5.32 Å². The topological polar surface area (TPSA) is 58.2 Å². The highest BCUT2D eigenvalue weighted by atomic mass is 35.5. The second kappa shape index (κ2) is 6.60. The minimum absolute atomic E-state index is 0.0942. The van der Waals surface area contributed by atoms with E-state index in [4.69, 9.17) is 23.2 Å². The summed E-state index contributed by atoms with van der Waals surface area (Å²) in [5.74, 6) is -0.448. The van der Waals surface area contributed by atoms with Crippen molar-refractivity contribution in [3.05, 3.63) is 63.6 Å². The molecule has 2 aromatic rings. The van der Waals surface area contributed by atoms with Gasteiger partial charge in [-0.1, -0.05) is 23.2 Å². The Kier molecular flexibility index (Phi) is 4.55. The molecular formula is C17H14Cl2N2O2. The van der Waals surface area contributed by atoms with Crippen LogP contribution >= 0.6 is 23.2 Å². The Labute approximate surface area is 143 Å². The van der Waals surface area contributed by atoms with Crippen molar-refractivity contribution < 1.29 is 9.59 Å². The summed E-state index contributed by atoms with van der Waals surface area (Å²) in [7, 11) is 0. The molecule has 0 aromatic heterocycles. The molecule has 23 heavy (non-hydrogen) atoms. The first-order valence-corrected chi connectivity index (χ1v) is 7.96. The average molecular weight is 349 g/mol. The van der Waals surface area contributed by atoms with Crippen molar-refractivity contribution in [3.8, 4) is 0 Å². The number of rotatable bonds is 4. The van der Waals surface area contributed by atoms with E-state index in [1.807, 2.05) is 0 Å². The molecule has 1 aliphatic rings. The highest BCUT2D eigenvalue weighted by Gasteiger charge is 2.23. The molecule has 0 heterocycles. The molecule has 2 amide bonds. The van der Waals surface area contributed by atoms with Crippen molar-refractivity contribution >= 4 is 40.7 Å². The third-order valence-electron chi connectivity index (χ3n) is 3.49. The Hall–Kier alpha value is -2.04. The van der Waals surface area contributed by atoms with Crippen molar-refractivity contribution in [2.45, 2.75) is 18.9 Å².